The van der Waals surface area contributed by atoms with Crippen LogP contribution in [-0.4, -0.2) is 14.5 Å². The van der Waals surface area contributed by atoms with E-state index in [-0.39, 0.29) is 0 Å². The molecule has 0 aliphatic rings. The molecule has 12 rings (SSSR count). The van der Waals surface area contributed by atoms with Gasteiger partial charge in [-0.25, -0.2) is 9.97 Å². The highest BCUT2D eigenvalue weighted by Gasteiger charge is 2.25. The second kappa shape index (κ2) is 11.7. The summed E-state index contributed by atoms with van der Waals surface area (Å²) in [4.78, 5) is 11.0. The molecule has 0 aliphatic carbocycles. The molecule has 4 nitrogen and oxygen atoms in total. The third kappa shape index (κ3) is 4.51. The van der Waals surface area contributed by atoms with Crippen LogP contribution >= 0.6 is 11.3 Å². The number of hydrogen-bond donors (Lipinski definition) is 0. The number of rotatable bonds is 4. The lowest BCUT2D eigenvalue weighted by Gasteiger charge is -2.12. The first-order valence-electron chi connectivity index (χ1n) is 18.5. The van der Waals surface area contributed by atoms with Crippen molar-refractivity contribution < 1.29 is 4.42 Å². The lowest BCUT2D eigenvalue weighted by atomic mass is 9.94. The highest BCUT2D eigenvalue weighted by molar-refractivity contribution is 7.26. The van der Waals surface area contributed by atoms with Gasteiger partial charge in [0.25, 0.3) is 0 Å². The van der Waals surface area contributed by atoms with Crippen LogP contribution in [0.4, 0.5) is 0 Å². The summed E-state index contributed by atoms with van der Waals surface area (Å²) in [7, 11) is 0. The Labute approximate surface area is 319 Å². The van der Waals surface area contributed by atoms with Crippen molar-refractivity contribution in [2.75, 3.05) is 0 Å². The lowest BCUT2D eigenvalue weighted by molar-refractivity contribution is 0.673. The first-order chi connectivity index (χ1) is 27.3. The van der Waals surface area contributed by atoms with Gasteiger partial charge in [-0.05, 0) is 69.4 Å². The Balaban J connectivity index is 1.26. The second-order valence-corrected chi connectivity index (χ2v) is 15.1. The Bertz CT molecular complexity index is 3470. The van der Waals surface area contributed by atoms with Crippen LogP contribution in [-0.2, 0) is 0 Å². The average molecular weight is 720 g/mol. The molecule has 12 aromatic rings. The topological polar surface area (TPSA) is 43.9 Å². The summed E-state index contributed by atoms with van der Waals surface area (Å²) in [5, 5.41) is 7.84. The number of furan rings is 1. The fraction of sp³-hybridized carbons (Fsp3) is 0. The van der Waals surface area contributed by atoms with E-state index in [2.05, 4.69) is 174 Å². The normalized spacial score (nSPS) is 12.0. The van der Waals surface area contributed by atoms with Crippen molar-refractivity contribution in [3.63, 3.8) is 0 Å². The van der Waals surface area contributed by atoms with Gasteiger partial charge in [0.1, 0.15) is 11.2 Å². The number of fused-ring (bicyclic) bond motifs is 12. The molecule has 0 spiro atoms. The zero-order valence-corrected chi connectivity index (χ0v) is 30.2. The summed E-state index contributed by atoms with van der Waals surface area (Å²) >= 11 is 1.75. The summed E-state index contributed by atoms with van der Waals surface area (Å²) in [5.74, 6) is 0.631. The summed E-state index contributed by atoms with van der Waals surface area (Å²) in [6.07, 6.45) is 0. The van der Waals surface area contributed by atoms with Crippen LogP contribution in [0.15, 0.2) is 180 Å². The number of thiophene rings is 1. The monoisotopic (exact) mass is 719 g/mol. The number of benzene rings is 8. The molecule has 0 amide bonds. The smallest absolute Gasteiger partial charge is 0.235 e. The molecule has 4 heterocycles. The summed E-state index contributed by atoms with van der Waals surface area (Å²) in [5.41, 5.74) is 11.3. The van der Waals surface area contributed by atoms with Crippen LogP contribution in [0.5, 0.6) is 0 Å². The van der Waals surface area contributed by atoms with Gasteiger partial charge in [-0.1, -0.05) is 140 Å². The molecule has 0 unspecified atom stereocenters. The molecule has 0 bridgehead atoms. The quantitative estimate of drug-likeness (QED) is 0.182. The highest BCUT2D eigenvalue weighted by atomic mass is 32.1. The zero-order valence-electron chi connectivity index (χ0n) is 29.4. The van der Waals surface area contributed by atoms with Crippen LogP contribution in [0.2, 0.25) is 0 Å². The van der Waals surface area contributed by atoms with Crippen LogP contribution in [0.3, 0.4) is 0 Å². The van der Waals surface area contributed by atoms with Gasteiger partial charge >= 0.3 is 0 Å². The van der Waals surface area contributed by atoms with Gasteiger partial charge in [0, 0.05) is 31.8 Å². The van der Waals surface area contributed by atoms with Crippen molar-refractivity contribution in [1.29, 1.82) is 0 Å². The van der Waals surface area contributed by atoms with Crippen LogP contribution in [0.1, 0.15) is 0 Å². The predicted molar refractivity (Wildman–Crippen MR) is 230 cm³/mol. The standard InChI is InChI=1S/C50H29N3OS/c1-4-14-30(15-5-1)33-24-25-35-37-26-27-40-45(48(37)54-42(35)28-33)44-36-21-11-10-20-34(36)39(31-16-6-2-7-17-31)29-41(44)53(40)50-51-46(32-18-8-3-9-19-32)49-47(52-50)38-22-12-13-23-43(38)55-49/h1-29H. The van der Waals surface area contributed by atoms with E-state index in [0.717, 1.165) is 98.2 Å². The predicted octanol–water partition coefficient (Wildman–Crippen LogP) is 14.0. The van der Waals surface area contributed by atoms with Crippen LogP contribution in [0, 0.1) is 0 Å². The third-order valence-electron chi connectivity index (χ3n) is 11.0. The number of nitrogens with zero attached hydrogens (tertiary/aromatic N) is 3. The second-order valence-electron chi connectivity index (χ2n) is 14.1. The van der Waals surface area contributed by atoms with Crippen LogP contribution in [0.25, 0.3) is 114 Å². The molecule has 0 N–H and O–H groups in total. The Hall–Kier alpha value is -7.08. The Kier molecular flexibility index (Phi) is 6.47. The third-order valence-corrected chi connectivity index (χ3v) is 12.2. The van der Waals surface area contributed by atoms with Gasteiger partial charge in [0.15, 0.2) is 0 Å². The molecule has 55 heavy (non-hydrogen) atoms. The molecule has 5 heteroatoms. The maximum atomic E-state index is 7.01. The molecular weight excluding hydrogens is 691 g/mol. The SMILES string of the molecule is c1ccc(-c2ccc3c(c2)oc2c3ccc3c2c2c4ccccc4c(-c4ccccc4)cc2n3-c2nc(-c3ccccc3)c3sc4ccccc4c3n2)cc1. The Morgan fingerprint density at radius 1 is 0.455 bits per heavy atom. The van der Waals surface area contributed by atoms with Gasteiger partial charge in [-0.3, -0.25) is 4.57 Å². The zero-order chi connectivity index (χ0) is 36.0. The van der Waals surface area contributed by atoms with Crippen LogP contribution < -0.4 is 0 Å². The van der Waals surface area contributed by atoms with Gasteiger partial charge in [0.05, 0.1) is 32.3 Å². The Morgan fingerprint density at radius 3 is 1.89 bits per heavy atom. The minimum atomic E-state index is 0.631. The van der Waals surface area contributed by atoms with E-state index < -0.39 is 0 Å². The highest BCUT2D eigenvalue weighted by Crippen LogP contribution is 2.46. The number of aromatic nitrogens is 3. The lowest BCUT2D eigenvalue weighted by Crippen LogP contribution is -2.03. The Morgan fingerprint density at radius 2 is 1.11 bits per heavy atom. The summed E-state index contributed by atoms with van der Waals surface area (Å²) in [6, 6.07) is 62.3. The summed E-state index contributed by atoms with van der Waals surface area (Å²) in [6.45, 7) is 0. The van der Waals surface area contributed by atoms with Gasteiger partial charge in [-0.2, -0.15) is 0 Å². The van der Waals surface area contributed by atoms with Gasteiger partial charge in [-0.15, -0.1) is 11.3 Å². The van der Waals surface area contributed by atoms with E-state index in [0.29, 0.717) is 5.95 Å². The fourth-order valence-corrected chi connectivity index (χ4v) is 9.69. The number of hydrogen-bond acceptors (Lipinski definition) is 4. The van der Waals surface area contributed by atoms with E-state index in [1.807, 2.05) is 6.07 Å². The minimum Gasteiger partial charge on any atom is -0.455 e. The molecule has 0 saturated heterocycles. The van der Waals surface area contributed by atoms with Crippen molar-refractivity contribution in [2.45, 2.75) is 0 Å². The molecule has 0 fully saturated rings. The maximum absolute atomic E-state index is 7.01. The first-order valence-corrected chi connectivity index (χ1v) is 19.3. The van der Waals surface area contributed by atoms with E-state index in [9.17, 15) is 0 Å². The molecular formula is C50H29N3OS. The molecule has 0 saturated carbocycles. The van der Waals surface area contributed by atoms with Crippen molar-refractivity contribution in [1.82, 2.24) is 14.5 Å². The van der Waals surface area contributed by atoms with E-state index in [4.69, 9.17) is 14.4 Å². The molecule has 0 aliphatic heterocycles. The van der Waals surface area contributed by atoms with Crippen molar-refractivity contribution in [3.8, 4) is 39.5 Å². The molecule has 0 atom stereocenters. The minimum absolute atomic E-state index is 0.631. The fourth-order valence-electron chi connectivity index (χ4n) is 8.54. The van der Waals surface area contributed by atoms with E-state index in [1.54, 1.807) is 11.3 Å². The van der Waals surface area contributed by atoms with E-state index in [1.165, 1.54) is 10.1 Å². The van der Waals surface area contributed by atoms with Gasteiger partial charge < -0.3 is 4.42 Å². The first kappa shape index (κ1) is 30.4. The molecule has 8 aromatic carbocycles. The average Bonchev–Trinajstić information content (AvgIpc) is 3.93. The summed E-state index contributed by atoms with van der Waals surface area (Å²) < 4.78 is 11.6. The maximum Gasteiger partial charge on any atom is 0.235 e. The van der Waals surface area contributed by atoms with Crippen molar-refractivity contribution in [3.05, 3.63) is 176 Å². The molecule has 0 radical (unpaired) electrons. The largest absolute Gasteiger partial charge is 0.455 e. The van der Waals surface area contributed by atoms with Gasteiger partial charge in [0.2, 0.25) is 5.95 Å². The van der Waals surface area contributed by atoms with Crippen molar-refractivity contribution in [2.24, 2.45) is 0 Å². The molecule has 256 valence electrons. The van der Waals surface area contributed by atoms with Crippen molar-refractivity contribution >= 4 is 86.2 Å². The molecule has 4 aromatic heterocycles. The van der Waals surface area contributed by atoms with E-state index >= 15 is 0 Å².